The molecule has 0 saturated carbocycles. The van der Waals surface area contributed by atoms with Crippen LogP contribution >= 0.6 is 11.3 Å². The molecule has 2 N–H and O–H groups in total. The van der Waals surface area contributed by atoms with E-state index in [1.807, 2.05) is 26.4 Å². The van der Waals surface area contributed by atoms with Crippen molar-refractivity contribution in [1.29, 1.82) is 0 Å². The highest BCUT2D eigenvalue weighted by atomic mass is 32.2. The number of rotatable bonds is 5. The molecule has 5 nitrogen and oxygen atoms in total. The van der Waals surface area contributed by atoms with E-state index in [0.717, 1.165) is 36.4 Å². The van der Waals surface area contributed by atoms with Gasteiger partial charge in [0.2, 0.25) is 10.0 Å². The molecule has 0 spiro atoms. The van der Waals surface area contributed by atoms with Crippen LogP contribution in [0.4, 0.5) is 0 Å². The predicted octanol–water partition coefficient (Wildman–Crippen LogP) is 1.15. The van der Waals surface area contributed by atoms with Gasteiger partial charge < -0.3 is 10.2 Å². The highest BCUT2D eigenvalue weighted by Crippen LogP contribution is 2.27. The fourth-order valence-corrected chi connectivity index (χ4v) is 5.76. The summed E-state index contributed by atoms with van der Waals surface area (Å²) in [5, 5.41) is 4.94. The van der Waals surface area contributed by atoms with E-state index in [1.165, 1.54) is 11.3 Å². The molecule has 7 heteroatoms. The highest BCUT2D eigenvalue weighted by Gasteiger charge is 2.27. The molecule has 0 amide bonds. The second-order valence-corrected chi connectivity index (χ2v) is 8.04. The number of piperidine rings is 1. The molecule has 1 aromatic heterocycles. The van der Waals surface area contributed by atoms with E-state index in [2.05, 4.69) is 14.9 Å². The van der Waals surface area contributed by atoms with Gasteiger partial charge in [-0.2, -0.15) is 0 Å². The maximum atomic E-state index is 12.6. The van der Waals surface area contributed by atoms with Crippen LogP contribution < -0.4 is 10.0 Å². The molecule has 2 heterocycles. The molecule has 0 radical (unpaired) electrons. The van der Waals surface area contributed by atoms with Gasteiger partial charge >= 0.3 is 0 Å². The Labute approximate surface area is 125 Å². The molecule has 0 aromatic carbocycles. The second kappa shape index (κ2) is 6.53. The number of aryl methyl sites for hydroxylation is 1. The Hall–Kier alpha value is -0.470. The SMILES string of the molecule is CNCc1scc(C)c1S(=O)(=O)NC1CCCN(C)C1. The van der Waals surface area contributed by atoms with E-state index in [4.69, 9.17) is 0 Å². The summed E-state index contributed by atoms with van der Waals surface area (Å²) in [5.41, 5.74) is 0.830. The first-order valence-corrected chi connectivity index (χ1v) is 9.22. The Kier molecular flexibility index (Phi) is 5.19. The fourth-order valence-electron chi connectivity index (χ4n) is 2.67. The minimum atomic E-state index is -3.43. The van der Waals surface area contributed by atoms with Crippen LogP contribution in [-0.2, 0) is 16.6 Å². The third kappa shape index (κ3) is 3.59. The molecule has 1 aromatic rings. The van der Waals surface area contributed by atoms with Crippen molar-refractivity contribution < 1.29 is 8.42 Å². The molecule has 0 aliphatic carbocycles. The first-order valence-electron chi connectivity index (χ1n) is 6.86. The van der Waals surface area contributed by atoms with Gasteiger partial charge in [-0.3, -0.25) is 0 Å². The van der Waals surface area contributed by atoms with Crippen molar-refractivity contribution in [3.05, 3.63) is 15.8 Å². The number of nitrogens with one attached hydrogen (secondary N) is 2. The second-order valence-electron chi connectivity index (χ2n) is 5.42. The maximum absolute atomic E-state index is 12.6. The van der Waals surface area contributed by atoms with Crippen LogP contribution in [0.3, 0.4) is 0 Å². The predicted molar refractivity (Wildman–Crippen MR) is 82.7 cm³/mol. The largest absolute Gasteiger partial charge is 0.315 e. The lowest BCUT2D eigenvalue weighted by Crippen LogP contribution is -2.46. The molecule has 1 fully saturated rings. The Morgan fingerprint density at radius 1 is 1.50 bits per heavy atom. The van der Waals surface area contributed by atoms with Crippen LogP contribution in [0.1, 0.15) is 23.3 Å². The van der Waals surface area contributed by atoms with Gasteiger partial charge in [0.15, 0.2) is 0 Å². The number of likely N-dealkylation sites (tertiary alicyclic amines) is 1. The van der Waals surface area contributed by atoms with Crippen molar-refractivity contribution in [3.8, 4) is 0 Å². The average molecular weight is 317 g/mol. The zero-order valence-electron chi connectivity index (χ0n) is 12.3. The Bertz CT molecular complexity index is 554. The third-order valence-electron chi connectivity index (χ3n) is 3.54. The van der Waals surface area contributed by atoms with Crippen LogP contribution in [-0.4, -0.2) is 46.5 Å². The number of nitrogens with zero attached hydrogens (tertiary/aromatic N) is 1. The molecule has 1 aliphatic heterocycles. The van der Waals surface area contributed by atoms with Crippen molar-refractivity contribution in [2.24, 2.45) is 0 Å². The van der Waals surface area contributed by atoms with Crippen molar-refractivity contribution in [1.82, 2.24) is 14.9 Å². The normalized spacial score (nSPS) is 21.2. The molecule has 1 unspecified atom stereocenters. The van der Waals surface area contributed by atoms with Crippen LogP contribution in [0.2, 0.25) is 0 Å². The lowest BCUT2D eigenvalue weighted by molar-refractivity contribution is 0.242. The zero-order chi connectivity index (χ0) is 14.8. The summed E-state index contributed by atoms with van der Waals surface area (Å²) in [6.45, 7) is 4.26. The summed E-state index contributed by atoms with van der Waals surface area (Å²) in [6.07, 6.45) is 1.95. The van der Waals surface area contributed by atoms with Gasteiger partial charge in [-0.1, -0.05) is 0 Å². The minimum Gasteiger partial charge on any atom is -0.315 e. The van der Waals surface area contributed by atoms with Gasteiger partial charge in [-0.25, -0.2) is 13.1 Å². The van der Waals surface area contributed by atoms with E-state index >= 15 is 0 Å². The lowest BCUT2D eigenvalue weighted by atomic mass is 10.1. The fraction of sp³-hybridized carbons (Fsp3) is 0.692. The molecule has 114 valence electrons. The summed E-state index contributed by atoms with van der Waals surface area (Å²) in [6, 6.07) is 0.0143. The molecular formula is C13H23N3O2S2. The summed E-state index contributed by atoms with van der Waals surface area (Å²) in [7, 11) is 0.429. The monoisotopic (exact) mass is 317 g/mol. The standard InChI is InChI=1S/C13H23N3O2S2/c1-10-9-19-12(7-14-2)13(10)20(17,18)15-11-5-4-6-16(3)8-11/h9,11,14-15H,4-8H2,1-3H3. The maximum Gasteiger partial charge on any atom is 0.242 e. The third-order valence-corrected chi connectivity index (χ3v) is 6.52. The van der Waals surface area contributed by atoms with Gasteiger partial charge in [0, 0.05) is 24.0 Å². The van der Waals surface area contributed by atoms with E-state index in [0.29, 0.717) is 11.4 Å². The summed E-state index contributed by atoms with van der Waals surface area (Å²) in [4.78, 5) is 3.51. The molecule has 1 saturated heterocycles. The van der Waals surface area contributed by atoms with Crippen LogP contribution in [0, 0.1) is 6.92 Å². The van der Waals surface area contributed by atoms with Crippen molar-refractivity contribution >= 4 is 21.4 Å². The highest BCUT2D eigenvalue weighted by molar-refractivity contribution is 7.89. The van der Waals surface area contributed by atoms with Gasteiger partial charge in [0.25, 0.3) is 0 Å². The van der Waals surface area contributed by atoms with E-state index in [1.54, 1.807) is 0 Å². The number of hydrogen-bond acceptors (Lipinski definition) is 5. The summed E-state index contributed by atoms with van der Waals surface area (Å²) < 4.78 is 28.1. The van der Waals surface area contributed by atoms with E-state index in [9.17, 15) is 8.42 Å². The first kappa shape index (κ1) is 15.9. The van der Waals surface area contributed by atoms with E-state index in [-0.39, 0.29) is 6.04 Å². The summed E-state index contributed by atoms with van der Waals surface area (Å²) >= 11 is 1.50. The molecule has 0 bridgehead atoms. The van der Waals surface area contributed by atoms with Crippen molar-refractivity contribution in [2.45, 2.75) is 37.2 Å². The van der Waals surface area contributed by atoms with Gasteiger partial charge in [-0.05, 0) is 51.3 Å². The topological polar surface area (TPSA) is 61.4 Å². The zero-order valence-corrected chi connectivity index (χ0v) is 13.9. The van der Waals surface area contributed by atoms with E-state index < -0.39 is 10.0 Å². The number of likely N-dealkylation sites (N-methyl/N-ethyl adjacent to an activating group) is 1. The van der Waals surface area contributed by atoms with Crippen LogP contribution in [0.5, 0.6) is 0 Å². The van der Waals surface area contributed by atoms with Gasteiger partial charge in [-0.15, -0.1) is 11.3 Å². The number of thiophene rings is 1. The molecule has 2 rings (SSSR count). The van der Waals surface area contributed by atoms with Crippen molar-refractivity contribution in [2.75, 3.05) is 27.2 Å². The number of hydrogen-bond donors (Lipinski definition) is 2. The van der Waals surface area contributed by atoms with Gasteiger partial charge in [0.05, 0.1) is 0 Å². The van der Waals surface area contributed by atoms with Crippen LogP contribution in [0.25, 0.3) is 0 Å². The smallest absolute Gasteiger partial charge is 0.242 e. The Morgan fingerprint density at radius 2 is 2.25 bits per heavy atom. The van der Waals surface area contributed by atoms with Crippen LogP contribution in [0.15, 0.2) is 10.3 Å². The Morgan fingerprint density at radius 3 is 2.90 bits per heavy atom. The lowest BCUT2D eigenvalue weighted by Gasteiger charge is -2.30. The average Bonchev–Trinajstić information content (AvgIpc) is 2.71. The molecular weight excluding hydrogens is 294 g/mol. The van der Waals surface area contributed by atoms with Gasteiger partial charge in [0.1, 0.15) is 4.90 Å². The number of sulfonamides is 1. The molecule has 1 aliphatic rings. The molecule has 20 heavy (non-hydrogen) atoms. The van der Waals surface area contributed by atoms with Crippen molar-refractivity contribution in [3.63, 3.8) is 0 Å². The quantitative estimate of drug-likeness (QED) is 0.855. The summed E-state index contributed by atoms with van der Waals surface area (Å²) in [5.74, 6) is 0. The Balaban J connectivity index is 2.19. The minimum absolute atomic E-state index is 0.0143. The first-order chi connectivity index (χ1) is 9.44. The molecule has 1 atom stereocenters.